The van der Waals surface area contributed by atoms with Gasteiger partial charge in [-0.05, 0) is 78.9 Å². The fourth-order valence-electron chi connectivity index (χ4n) is 4.21. The minimum Gasteiger partial charge on any atom is -0.489 e. The minimum atomic E-state index is 0.318. The summed E-state index contributed by atoms with van der Waals surface area (Å²) >= 11 is 0. The molecule has 0 saturated carbocycles. The van der Waals surface area contributed by atoms with Gasteiger partial charge in [0.25, 0.3) is 0 Å². The van der Waals surface area contributed by atoms with Gasteiger partial charge in [-0.25, -0.2) is 0 Å². The van der Waals surface area contributed by atoms with Crippen molar-refractivity contribution in [2.75, 3.05) is 0 Å². The summed E-state index contributed by atoms with van der Waals surface area (Å²) in [6.07, 6.45) is 11.3. The van der Waals surface area contributed by atoms with E-state index in [0.717, 1.165) is 42.7 Å². The Balaban J connectivity index is 1.67. The van der Waals surface area contributed by atoms with Crippen LogP contribution >= 0.6 is 0 Å². The number of benzene rings is 2. The number of rotatable bonds is 10. The van der Waals surface area contributed by atoms with Crippen LogP contribution in [0.1, 0.15) is 70.4 Å². The first kappa shape index (κ1) is 22.9. The first-order chi connectivity index (χ1) is 15.0. The SMILES string of the molecule is C=C(C)N(C(=N)c1ccc(OCc2ccc3c(c2)=CCCC=3)cc1)C(CC)CCCC. The van der Waals surface area contributed by atoms with Crippen molar-refractivity contribution in [2.45, 2.75) is 71.9 Å². The quantitative estimate of drug-likeness (QED) is 0.395. The van der Waals surface area contributed by atoms with Crippen LogP contribution in [0.3, 0.4) is 0 Å². The van der Waals surface area contributed by atoms with Crippen molar-refractivity contribution in [1.29, 1.82) is 5.41 Å². The average Bonchev–Trinajstić information content (AvgIpc) is 2.80. The topological polar surface area (TPSA) is 36.3 Å². The molecule has 0 aliphatic heterocycles. The highest BCUT2D eigenvalue weighted by molar-refractivity contribution is 5.97. The molecule has 0 radical (unpaired) electrons. The molecule has 1 atom stereocenters. The third-order valence-corrected chi connectivity index (χ3v) is 5.96. The standard InChI is InChI=1S/C28H36N2O/c1-5-7-12-26(6-2)30(21(3)4)28(29)24-15-17-27(18-16-24)31-20-22-13-14-23-10-8-9-11-25(23)19-22/h10-11,13-19,26,29H,3,5-9,12,20H2,1-2,4H3. The van der Waals surface area contributed by atoms with E-state index in [1.165, 1.54) is 28.8 Å². The summed E-state index contributed by atoms with van der Waals surface area (Å²) < 4.78 is 6.02. The number of hydrogen-bond donors (Lipinski definition) is 1. The van der Waals surface area contributed by atoms with Gasteiger partial charge < -0.3 is 9.64 Å². The normalized spacial score (nSPS) is 13.4. The summed E-state index contributed by atoms with van der Waals surface area (Å²) in [7, 11) is 0. The number of amidine groups is 1. The minimum absolute atomic E-state index is 0.318. The van der Waals surface area contributed by atoms with E-state index in [1.807, 2.05) is 31.2 Å². The van der Waals surface area contributed by atoms with Gasteiger partial charge in [-0.2, -0.15) is 0 Å². The van der Waals surface area contributed by atoms with Gasteiger partial charge in [0.2, 0.25) is 0 Å². The Bertz CT molecular complexity index is 1020. The molecule has 0 amide bonds. The summed E-state index contributed by atoms with van der Waals surface area (Å²) in [4.78, 5) is 2.09. The zero-order chi connectivity index (χ0) is 22.2. The number of unbranched alkanes of at least 4 members (excludes halogenated alkanes) is 1. The molecule has 1 N–H and O–H groups in total. The van der Waals surface area contributed by atoms with Gasteiger partial charge in [0.15, 0.2) is 0 Å². The number of nitrogens with zero attached hydrogens (tertiary/aromatic N) is 1. The van der Waals surface area contributed by atoms with Gasteiger partial charge in [-0.15, -0.1) is 0 Å². The smallest absolute Gasteiger partial charge is 0.132 e. The first-order valence-corrected chi connectivity index (χ1v) is 11.6. The lowest BCUT2D eigenvalue weighted by Gasteiger charge is -2.33. The monoisotopic (exact) mass is 416 g/mol. The fraction of sp³-hybridized carbons (Fsp3) is 0.393. The molecular formula is C28H36N2O. The highest BCUT2D eigenvalue weighted by atomic mass is 16.5. The number of fused-ring (bicyclic) bond motifs is 1. The van der Waals surface area contributed by atoms with Crippen molar-refractivity contribution < 1.29 is 4.74 Å². The highest BCUT2D eigenvalue weighted by Crippen LogP contribution is 2.22. The van der Waals surface area contributed by atoms with Crippen LogP contribution in [0.4, 0.5) is 0 Å². The van der Waals surface area contributed by atoms with Gasteiger partial charge in [0.05, 0.1) is 0 Å². The van der Waals surface area contributed by atoms with Crippen LogP contribution in [0.15, 0.2) is 54.7 Å². The summed E-state index contributed by atoms with van der Waals surface area (Å²) in [5, 5.41) is 11.4. The first-order valence-electron chi connectivity index (χ1n) is 11.6. The molecule has 3 nitrogen and oxygen atoms in total. The fourth-order valence-corrected chi connectivity index (χ4v) is 4.21. The number of nitrogens with one attached hydrogen (secondary N) is 1. The zero-order valence-electron chi connectivity index (χ0n) is 19.3. The van der Waals surface area contributed by atoms with E-state index in [4.69, 9.17) is 10.1 Å². The van der Waals surface area contributed by atoms with Crippen LogP contribution in [0.2, 0.25) is 0 Å². The largest absolute Gasteiger partial charge is 0.489 e. The number of allylic oxidation sites excluding steroid dienone is 1. The Labute approximate surface area is 187 Å². The maximum Gasteiger partial charge on any atom is 0.132 e. The lowest BCUT2D eigenvalue weighted by molar-refractivity contribution is 0.306. The van der Waals surface area contributed by atoms with Gasteiger partial charge >= 0.3 is 0 Å². The molecule has 0 fully saturated rings. The van der Waals surface area contributed by atoms with Crippen LogP contribution in [0.25, 0.3) is 12.2 Å². The van der Waals surface area contributed by atoms with Crippen molar-refractivity contribution in [3.8, 4) is 5.75 Å². The predicted molar refractivity (Wildman–Crippen MR) is 132 cm³/mol. The highest BCUT2D eigenvalue weighted by Gasteiger charge is 2.21. The molecule has 1 aliphatic rings. The van der Waals surface area contributed by atoms with Crippen LogP contribution in [0.5, 0.6) is 5.75 Å². The maximum atomic E-state index is 8.80. The Morgan fingerprint density at radius 1 is 1.06 bits per heavy atom. The van der Waals surface area contributed by atoms with E-state index in [1.54, 1.807) is 0 Å². The van der Waals surface area contributed by atoms with E-state index >= 15 is 0 Å². The zero-order valence-corrected chi connectivity index (χ0v) is 19.3. The Kier molecular flexibility index (Phi) is 8.11. The molecule has 0 aromatic heterocycles. The van der Waals surface area contributed by atoms with Crippen LogP contribution < -0.4 is 15.2 Å². The second-order valence-electron chi connectivity index (χ2n) is 8.42. The van der Waals surface area contributed by atoms with Gasteiger partial charge in [-0.1, -0.05) is 57.6 Å². The maximum absolute atomic E-state index is 8.80. The van der Waals surface area contributed by atoms with Crippen molar-refractivity contribution in [3.05, 3.63) is 76.3 Å². The molecule has 0 bridgehead atoms. The van der Waals surface area contributed by atoms with Crippen LogP contribution in [-0.2, 0) is 6.61 Å². The van der Waals surface area contributed by atoms with Crippen LogP contribution in [0, 0.1) is 5.41 Å². The summed E-state index contributed by atoms with van der Waals surface area (Å²) in [5.74, 6) is 1.34. The van der Waals surface area contributed by atoms with Gasteiger partial charge in [-0.3, -0.25) is 5.41 Å². The number of hydrogen-bond acceptors (Lipinski definition) is 2. The van der Waals surface area contributed by atoms with Gasteiger partial charge in [0.1, 0.15) is 18.2 Å². The molecule has 0 saturated heterocycles. The van der Waals surface area contributed by atoms with E-state index in [2.05, 4.69) is 55.7 Å². The molecular weight excluding hydrogens is 380 g/mol. The molecule has 0 spiro atoms. The summed E-state index contributed by atoms with van der Waals surface area (Å²) in [6.45, 7) is 11.1. The molecule has 2 aromatic carbocycles. The Morgan fingerprint density at radius 3 is 2.42 bits per heavy atom. The van der Waals surface area contributed by atoms with Crippen molar-refractivity contribution in [2.24, 2.45) is 0 Å². The molecule has 0 heterocycles. The second kappa shape index (κ2) is 11.0. The lowest BCUT2D eigenvalue weighted by atomic mass is 10.0. The summed E-state index contributed by atoms with van der Waals surface area (Å²) in [5.41, 5.74) is 3.00. The molecule has 1 unspecified atom stereocenters. The molecule has 1 aliphatic carbocycles. The second-order valence-corrected chi connectivity index (χ2v) is 8.42. The molecule has 3 rings (SSSR count). The van der Waals surface area contributed by atoms with E-state index < -0.39 is 0 Å². The molecule has 31 heavy (non-hydrogen) atoms. The molecule has 2 aromatic rings. The average molecular weight is 417 g/mol. The Hall–Kier alpha value is -2.81. The van der Waals surface area contributed by atoms with Crippen molar-refractivity contribution in [3.63, 3.8) is 0 Å². The lowest BCUT2D eigenvalue weighted by Crippen LogP contribution is -2.38. The summed E-state index contributed by atoms with van der Waals surface area (Å²) in [6, 6.07) is 14.8. The third kappa shape index (κ3) is 5.88. The van der Waals surface area contributed by atoms with E-state index in [-0.39, 0.29) is 0 Å². The molecule has 164 valence electrons. The Morgan fingerprint density at radius 2 is 1.77 bits per heavy atom. The third-order valence-electron chi connectivity index (χ3n) is 5.96. The number of ether oxygens (including phenoxy) is 1. The van der Waals surface area contributed by atoms with Crippen LogP contribution in [-0.4, -0.2) is 16.8 Å². The van der Waals surface area contributed by atoms with Gasteiger partial charge in [0, 0.05) is 17.3 Å². The van der Waals surface area contributed by atoms with E-state index in [9.17, 15) is 0 Å². The molecule has 3 heteroatoms. The predicted octanol–water partition coefficient (Wildman–Crippen LogP) is 5.75. The van der Waals surface area contributed by atoms with E-state index in [0.29, 0.717) is 18.5 Å². The van der Waals surface area contributed by atoms with Crippen molar-refractivity contribution >= 4 is 18.0 Å². The van der Waals surface area contributed by atoms with Crippen molar-refractivity contribution in [1.82, 2.24) is 4.90 Å².